The van der Waals surface area contributed by atoms with Crippen molar-refractivity contribution in [2.45, 2.75) is 120 Å². The Hall–Kier alpha value is 0.237. The van der Waals surface area contributed by atoms with E-state index in [-0.39, 0.29) is 41.4 Å². The maximum Gasteiger partial charge on any atom is 2.00 e. The fraction of sp³-hybridized carbons (Fsp3) is 0.692. The SMILES string of the molecule is C#CCCCC.CC.[BH2].[BH]C#CCCCC.[CH2-]CC.[CH2-]CC.[CH2-]CC.[CH2-]CC.[Ni+2].[Ni+2]. The molecule has 0 aliphatic heterocycles. The van der Waals surface area contributed by atoms with Crippen molar-refractivity contribution < 1.29 is 33.0 Å². The van der Waals surface area contributed by atoms with Gasteiger partial charge in [0.15, 0.2) is 7.85 Å². The summed E-state index contributed by atoms with van der Waals surface area (Å²) in [5.41, 5.74) is 0. The quantitative estimate of drug-likeness (QED) is 0.157. The number of hydrogen-bond acceptors (Lipinski definition) is 0. The van der Waals surface area contributed by atoms with E-state index in [2.05, 4.69) is 67.0 Å². The van der Waals surface area contributed by atoms with E-state index in [0.29, 0.717) is 0 Å². The van der Waals surface area contributed by atoms with Crippen molar-refractivity contribution in [3.05, 3.63) is 27.7 Å². The molecule has 0 nitrogen and oxygen atoms in total. The molecule has 0 aromatic heterocycles. The molecule has 0 aliphatic carbocycles. The Bertz CT molecular complexity index is 221. The zero-order valence-electron chi connectivity index (χ0n) is 22.3. The number of rotatable bonds is 4. The van der Waals surface area contributed by atoms with Crippen molar-refractivity contribution in [2.24, 2.45) is 0 Å². The van der Waals surface area contributed by atoms with E-state index in [0.717, 1.165) is 38.5 Å². The first kappa shape index (κ1) is 63.1. The first-order chi connectivity index (χ1) is 13.0. The van der Waals surface area contributed by atoms with Crippen LogP contribution in [0.5, 0.6) is 0 Å². The van der Waals surface area contributed by atoms with Crippen molar-refractivity contribution in [3.63, 3.8) is 0 Å². The number of unbranched alkanes of at least 4 members (excludes halogenated alkanes) is 4. The topological polar surface area (TPSA) is 0 Å². The number of hydrogen-bond donors (Lipinski definition) is 0. The first-order valence-electron chi connectivity index (χ1n) is 10.8. The van der Waals surface area contributed by atoms with E-state index in [4.69, 9.17) is 6.42 Å². The predicted molar refractivity (Wildman–Crippen MR) is 145 cm³/mol. The van der Waals surface area contributed by atoms with Crippen molar-refractivity contribution in [3.8, 4) is 24.1 Å². The summed E-state index contributed by atoms with van der Waals surface area (Å²) in [6.07, 6.45) is 15.8. The molecule has 0 rings (SSSR count). The average molecular weight is 508 g/mol. The van der Waals surface area contributed by atoms with E-state index in [9.17, 15) is 0 Å². The molecule has 0 N–H and O–H groups in total. The van der Waals surface area contributed by atoms with Crippen LogP contribution in [0.25, 0.3) is 0 Å². The molecule has 0 heterocycles. The molecule has 0 fully saturated rings. The summed E-state index contributed by atoms with van der Waals surface area (Å²) in [6, 6.07) is 0. The zero-order valence-corrected chi connectivity index (χ0v) is 24.3. The Labute approximate surface area is 219 Å². The summed E-state index contributed by atoms with van der Waals surface area (Å²) in [7, 11) is 3.40. The standard InChI is InChI=1S/C6H10B.C6H10.4C3H7.C2H6.BH2.2Ni/c1-2-3-4-5-6-7;1-3-5-6-4-2;4*1-3-2;1-2;;;/h7H,2-4H2,1H3;1H,4-6H2,2H3;4*1,3H2,2H3;1-2H3;1H2;;/q;;4*-1;;;2*+2. The second kappa shape index (κ2) is 133. The van der Waals surface area contributed by atoms with Gasteiger partial charge in [-0.1, -0.05) is 68.2 Å². The van der Waals surface area contributed by atoms with Crippen LogP contribution < -0.4 is 0 Å². The van der Waals surface area contributed by atoms with Gasteiger partial charge in [0.05, 0.1) is 8.41 Å². The Morgan fingerprint density at radius 1 is 0.667 bits per heavy atom. The van der Waals surface area contributed by atoms with Gasteiger partial charge in [0.25, 0.3) is 0 Å². The van der Waals surface area contributed by atoms with Crippen LogP contribution >= 0.6 is 0 Å². The van der Waals surface area contributed by atoms with Crippen LogP contribution in [0.3, 0.4) is 0 Å². The summed E-state index contributed by atoms with van der Waals surface area (Å²) in [6.45, 7) is 30.3. The van der Waals surface area contributed by atoms with Gasteiger partial charge in [-0.25, -0.2) is 0 Å². The van der Waals surface area contributed by atoms with E-state index >= 15 is 0 Å². The summed E-state index contributed by atoms with van der Waals surface area (Å²) in [4.78, 5) is 0. The zero-order chi connectivity index (χ0) is 23.2. The van der Waals surface area contributed by atoms with Gasteiger partial charge in [-0.2, -0.15) is 31.5 Å². The molecule has 0 atom stereocenters. The molecule has 0 amide bonds. The Morgan fingerprint density at radius 2 is 0.900 bits per heavy atom. The molecule has 186 valence electrons. The molecule has 0 aromatic carbocycles. The summed E-state index contributed by atoms with van der Waals surface area (Å²) in [5, 5.41) is 0. The van der Waals surface area contributed by atoms with Crippen molar-refractivity contribution in [1.82, 2.24) is 0 Å². The van der Waals surface area contributed by atoms with Gasteiger partial charge in [-0.3, -0.25) is 0 Å². The van der Waals surface area contributed by atoms with E-state index in [1.165, 1.54) is 25.7 Å². The van der Waals surface area contributed by atoms with Crippen molar-refractivity contribution in [1.29, 1.82) is 0 Å². The van der Waals surface area contributed by atoms with Gasteiger partial charge >= 0.3 is 33.0 Å². The molecule has 30 heavy (non-hydrogen) atoms. The molecule has 4 heteroatoms. The normalized spacial score (nSPS) is 5.70. The van der Waals surface area contributed by atoms with Crippen LogP contribution in [0.1, 0.15) is 120 Å². The van der Waals surface area contributed by atoms with E-state index in [1.807, 2.05) is 41.5 Å². The van der Waals surface area contributed by atoms with Crippen LogP contribution in [-0.4, -0.2) is 16.3 Å². The summed E-state index contributed by atoms with van der Waals surface area (Å²) >= 11 is 0. The molecule has 0 unspecified atom stereocenters. The minimum absolute atomic E-state index is 0. The molecule has 0 aromatic rings. The molecule has 2 radical (unpaired) electrons. The third-order valence-corrected chi connectivity index (χ3v) is 1.45. The third-order valence-electron chi connectivity index (χ3n) is 1.45. The Kier molecular flexibility index (Phi) is 280. The van der Waals surface area contributed by atoms with Crippen molar-refractivity contribution >= 4 is 16.3 Å². The van der Waals surface area contributed by atoms with Gasteiger partial charge in [0.1, 0.15) is 0 Å². The Balaban J connectivity index is -0.0000000200. The molecule has 0 saturated carbocycles. The van der Waals surface area contributed by atoms with Crippen LogP contribution in [0.4, 0.5) is 0 Å². The second-order valence-corrected chi connectivity index (χ2v) is 4.76. The Morgan fingerprint density at radius 3 is 1.03 bits per heavy atom. The van der Waals surface area contributed by atoms with Gasteiger partial charge < -0.3 is 27.7 Å². The van der Waals surface area contributed by atoms with E-state index < -0.39 is 0 Å². The average Bonchev–Trinajstić information content (AvgIpc) is 2.65. The van der Waals surface area contributed by atoms with Crippen molar-refractivity contribution in [2.75, 3.05) is 0 Å². The largest absolute Gasteiger partial charge is 2.00 e. The van der Waals surface area contributed by atoms with Gasteiger partial charge in [-0.15, -0.1) is 18.3 Å². The van der Waals surface area contributed by atoms with Gasteiger partial charge in [0, 0.05) is 12.8 Å². The fourth-order valence-corrected chi connectivity index (χ4v) is 0.632. The van der Waals surface area contributed by atoms with Gasteiger partial charge in [0.2, 0.25) is 0 Å². The fourth-order valence-electron chi connectivity index (χ4n) is 0.632. The third kappa shape index (κ3) is 400. The maximum atomic E-state index is 4.96. The molecular weight excluding hydrogens is 451 g/mol. The summed E-state index contributed by atoms with van der Waals surface area (Å²) in [5.74, 6) is 8.06. The van der Waals surface area contributed by atoms with E-state index in [1.54, 1.807) is 0 Å². The monoisotopic (exact) mass is 506 g/mol. The molecule has 0 saturated heterocycles. The molecular formula is C26H56B2Ni2. The minimum Gasteiger partial charge on any atom is -0.344 e. The van der Waals surface area contributed by atoms with Crippen LogP contribution in [0, 0.1) is 51.8 Å². The molecule has 0 bridgehead atoms. The minimum atomic E-state index is 0. The van der Waals surface area contributed by atoms with Crippen LogP contribution in [0.2, 0.25) is 0 Å². The maximum absolute atomic E-state index is 4.96. The van der Waals surface area contributed by atoms with Crippen LogP contribution in [0.15, 0.2) is 0 Å². The number of terminal acetylenes is 1. The summed E-state index contributed by atoms with van der Waals surface area (Å²) < 4.78 is 0. The van der Waals surface area contributed by atoms with Crippen LogP contribution in [-0.2, 0) is 33.0 Å². The smallest absolute Gasteiger partial charge is 0.344 e. The molecule has 0 spiro atoms. The molecule has 0 aliphatic rings. The predicted octanol–water partition coefficient (Wildman–Crippen LogP) is 7.88. The van der Waals surface area contributed by atoms with Gasteiger partial charge in [-0.05, 0) is 12.8 Å². The first-order valence-corrected chi connectivity index (χ1v) is 10.8. The second-order valence-electron chi connectivity index (χ2n) is 4.76.